The zero-order valence-electron chi connectivity index (χ0n) is 19.0. The second-order valence-electron chi connectivity index (χ2n) is 9.81. The molecule has 2 aliphatic rings. The van der Waals surface area contributed by atoms with Crippen molar-refractivity contribution in [2.75, 3.05) is 32.8 Å². The summed E-state index contributed by atoms with van der Waals surface area (Å²) in [4.78, 5) is 27.0. The van der Waals surface area contributed by atoms with Gasteiger partial charge in [-0.2, -0.15) is 0 Å². The fraction of sp³-hybridized carbons (Fsp3) is 0.667. The van der Waals surface area contributed by atoms with Gasteiger partial charge in [-0.3, -0.25) is 0 Å². The number of hydrogen-bond donors (Lipinski definition) is 1. The number of carbonyl (C=O) groups excluding carboxylic acids is 1. The lowest BCUT2D eigenvalue weighted by Crippen LogP contribution is -2.49. The molecule has 2 unspecified atom stereocenters. The summed E-state index contributed by atoms with van der Waals surface area (Å²) in [6, 6.07) is 9.69. The molecule has 0 bridgehead atoms. The third-order valence-corrected chi connectivity index (χ3v) is 6.59. The Labute approximate surface area is 185 Å². The summed E-state index contributed by atoms with van der Waals surface area (Å²) in [6.07, 6.45) is 1.47. The molecule has 1 aromatic rings. The van der Waals surface area contributed by atoms with Gasteiger partial charge >= 0.3 is 12.2 Å². The summed E-state index contributed by atoms with van der Waals surface area (Å²) < 4.78 is 11.7. The topological polar surface area (TPSA) is 79.3 Å². The van der Waals surface area contributed by atoms with Crippen molar-refractivity contribution in [2.45, 2.75) is 52.7 Å². The van der Waals surface area contributed by atoms with Gasteiger partial charge in [0.25, 0.3) is 0 Å². The van der Waals surface area contributed by atoms with Crippen molar-refractivity contribution in [3.63, 3.8) is 0 Å². The number of carbonyl (C=O) groups is 2. The van der Waals surface area contributed by atoms with Gasteiger partial charge in [0.15, 0.2) is 0 Å². The summed E-state index contributed by atoms with van der Waals surface area (Å²) in [7, 11) is 0. The van der Waals surface area contributed by atoms with Gasteiger partial charge in [0, 0.05) is 26.2 Å². The molecular weight excluding hydrogens is 396 g/mol. The van der Waals surface area contributed by atoms with Crippen LogP contribution < -0.4 is 0 Å². The molecule has 7 nitrogen and oxygen atoms in total. The number of likely N-dealkylation sites (tertiary alicyclic amines) is 2. The minimum absolute atomic E-state index is 0.0218. The first-order chi connectivity index (χ1) is 14.7. The molecule has 0 aliphatic carbocycles. The van der Waals surface area contributed by atoms with Gasteiger partial charge in [-0.15, -0.1) is 0 Å². The monoisotopic (exact) mass is 432 g/mol. The minimum Gasteiger partial charge on any atom is -0.465 e. The highest BCUT2D eigenvalue weighted by molar-refractivity contribution is 5.67. The number of nitrogens with zero attached hydrogens (tertiary/aromatic N) is 2. The molecule has 2 aliphatic heterocycles. The molecule has 2 fully saturated rings. The van der Waals surface area contributed by atoms with Crippen LogP contribution in [0.5, 0.6) is 0 Å². The molecule has 2 amide bonds. The largest absolute Gasteiger partial charge is 0.465 e. The number of piperidine rings is 2. The standard InChI is InChI=1S/C24H36N2O5/c1-24(2,3)21-15-26(22(27)28)12-9-19(21)17-30-20-10-13-25(14-11-20)23(29)31-16-18-7-5-4-6-8-18/h4-8,19-21H,9-17H2,1-3H3,(H,27,28). The Morgan fingerprint density at radius 1 is 1.03 bits per heavy atom. The highest BCUT2D eigenvalue weighted by Gasteiger charge is 2.39. The van der Waals surface area contributed by atoms with Crippen LogP contribution in [0.3, 0.4) is 0 Å². The summed E-state index contributed by atoms with van der Waals surface area (Å²) in [5.41, 5.74) is 1.00. The smallest absolute Gasteiger partial charge is 0.410 e. The van der Waals surface area contributed by atoms with Gasteiger partial charge < -0.3 is 24.4 Å². The second kappa shape index (κ2) is 10.4. The highest BCUT2D eigenvalue weighted by atomic mass is 16.6. The summed E-state index contributed by atoms with van der Waals surface area (Å²) in [5, 5.41) is 9.37. The van der Waals surface area contributed by atoms with E-state index in [1.54, 1.807) is 4.90 Å². The van der Waals surface area contributed by atoms with E-state index in [9.17, 15) is 14.7 Å². The SMILES string of the molecule is CC(C)(C)C1CN(C(=O)O)CCC1COC1CCN(C(=O)OCc2ccccc2)CC1. The number of amides is 2. The number of carboxylic acid groups (broad SMARTS) is 1. The van der Waals surface area contributed by atoms with Crippen molar-refractivity contribution in [1.29, 1.82) is 0 Å². The van der Waals surface area contributed by atoms with Crippen LogP contribution in [0.4, 0.5) is 9.59 Å². The van der Waals surface area contributed by atoms with Gasteiger partial charge in [-0.05, 0) is 42.1 Å². The number of benzene rings is 1. The first-order valence-electron chi connectivity index (χ1n) is 11.3. The lowest BCUT2D eigenvalue weighted by molar-refractivity contribution is -0.0484. The van der Waals surface area contributed by atoms with Gasteiger partial charge in [-0.1, -0.05) is 51.1 Å². The number of ether oxygens (including phenoxy) is 2. The number of hydrogen-bond acceptors (Lipinski definition) is 4. The van der Waals surface area contributed by atoms with Crippen LogP contribution in [0.2, 0.25) is 0 Å². The molecule has 31 heavy (non-hydrogen) atoms. The van der Waals surface area contributed by atoms with Crippen LogP contribution in [0.25, 0.3) is 0 Å². The molecule has 1 N–H and O–H groups in total. The normalized spacial score (nSPS) is 22.9. The van der Waals surface area contributed by atoms with E-state index in [0.717, 1.165) is 24.8 Å². The third-order valence-electron chi connectivity index (χ3n) is 6.59. The molecule has 1 aromatic carbocycles. The molecule has 172 valence electrons. The van der Waals surface area contributed by atoms with Crippen LogP contribution in [0, 0.1) is 17.3 Å². The van der Waals surface area contributed by atoms with Crippen molar-refractivity contribution >= 4 is 12.2 Å². The van der Waals surface area contributed by atoms with E-state index >= 15 is 0 Å². The molecular formula is C24H36N2O5. The van der Waals surface area contributed by atoms with Crippen LogP contribution in [-0.4, -0.2) is 66.0 Å². The average Bonchev–Trinajstić information content (AvgIpc) is 2.76. The molecule has 0 aromatic heterocycles. The zero-order valence-corrected chi connectivity index (χ0v) is 19.0. The molecule has 0 spiro atoms. The molecule has 0 radical (unpaired) electrons. The Morgan fingerprint density at radius 3 is 2.29 bits per heavy atom. The zero-order chi connectivity index (χ0) is 22.4. The van der Waals surface area contributed by atoms with Crippen molar-refractivity contribution in [3.8, 4) is 0 Å². The molecule has 3 rings (SSSR count). The Kier molecular flexibility index (Phi) is 7.81. The quantitative estimate of drug-likeness (QED) is 0.743. The predicted octanol–water partition coefficient (Wildman–Crippen LogP) is 4.47. The number of rotatable bonds is 5. The van der Waals surface area contributed by atoms with Crippen molar-refractivity contribution in [2.24, 2.45) is 17.3 Å². The predicted molar refractivity (Wildman–Crippen MR) is 118 cm³/mol. The Morgan fingerprint density at radius 2 is 1.68 bits per heavy atom. The third kappa shape index (κ3) is 6.60. The van der Waals surface area contributed by atoms with E-state index in [0.29, 0.717) is 45.3 Å². The fourth-order valence-electron chi connectivity index (χ4n) is 4.63. The van der Waals surface area contributed by atoms with E-state index in [1.165, 1.54) is 4.90 Å². The maximum absolute atomic E-state index is 12.3. The van der Waals surface area contributed by atoms with E-state index < -0.39 is 6.09 Å². The first kappa shape index (κ1) is 23.4. The maximum atomic E-state index is 12.3. The van der Waals surface area contributed by atoms with Gasteiger partial charge in [0.2, 0.25) is 0 Å². The van der Waals surface area contributed by atoms with Crippen LogP contribution >= 0.6 is 0 Å². The molecule has 7 heteroatoms. The highest BCUT2D eigenvalue weighted by Crippen LogP contribution is 2.38. The van der Waals surface area contributed by atoms with Crippen LogP contribution in [0.15, 0.2) is 30.3 Å². The Bertz CT molecular complexity index is 725. The maximum Gasteiger partial charge on any atom is 0.410 e. The molecule has 2 saturated heterocycles. The van der Waals surface area contributed by atoms with E-state index in [1.807, 2.05) is 30.3 Å². The van der Waals surface area contributed by atoms with Crippen molar-refractivity contribution in [1.82, 2.24) is 9.80 Å². The van der Waals surface area contributed by atoms with Gasteiger partial charge in [-0.25, -0.2) is 9.59 Å². The van der Waals surface area contributed by atoms with Gasteiger partial charge in [0.05, 0.1) is 12.7 Å². The lowest BCUT2D eigenvalue weighted by Gasteiger charge is -2.44. The minimum atomic E-state index is -0.833. The first-order valence-corrected chi connectivity index (χ1v) is 11.3. The van der Waals surface area contributed by atoms with Crippen molar-refractivity contribution in [3.05, 3.63) is 35.9 Å². The Balaban J connectivity index is 1.42. The van der Waals surface area contributed by atoms with Crippen LogP contribution in [-0.2, 0) is 16.1 Å². The van der Waals surface area contributed by atoms with E-state index in [2.05, 4.69) is 20.8 Å². The second-order valence-corrected chi connectivity index (χ2v) is 9.81. The lowest BCUT2D eigenvalue weighted by atomic mass is 9.70. The van der Waals surface area contributed by atoms with E-state index in [-0.39, 0.29) is 23.5 Å². The Hall–Kier alpha value is -2.28. The average molecular weight is 433 g/mol. The van der Waals surface area contributed by atoms with Crippen LogP contribution in [0.1, 0.15) is 45.6 Å². The molecule has 2 heterocycles. The van der Waals surface area contributed by atoms with Crippen molar-refractivity contribution < 1.29 is 24.2 Å². The fourth-order valence-corrected chi connectivity index (χ4v) is 4.63. The molecule has 2 atom stereocenters. The summed E-state index contributed by atoms with van der Waals surface area (Å²) in [6.45, 7) is 9.88. The summed E-state index contributed by atoms with van der Waals surface area (Å²) in [5.74, 6) is 0.620. The van der Waals surface area contributed by atoms with Gasteiger partial charge in [0.1, 0.15) is 6.61 Å². The summed E-state index contributed by atoms with van der Waals surface area (Å²) >= 11 is 0. The van der Waals surface area contributed by atoms with E-state index in [4.69, 9.17) is 9.47 Å². The molecule has 0 saturated carbocycles.